The molecule has 0 atom stereocenters. The molecule has 8 rings (SSSR count). The number of rotatable bonds is 10. The normalized spacial score (nSPS) is 11.2. The lowest BCUT2D eigenvalue weighted by Gasteiger charge is -2.12. The van der Waals surface area contributed by atoms with E-state index in [9.17, 15) is 0 Å². The first kappa shape index (κ1) is 33.7. The molecule has 1 N–H and O–H groups in total. The van der Waals surface area contributed by atoms with Crippen LogP contribution in [0.4, 0.5) is 0 Å². The van der Waals surface area contributed by atoms with Crippen molar-refractivity contribution in [3.63, 3.8) is 0 Å². The van der Waals surface area contributed by atoms with Crippen molar-refractivity contribution >= 4 is 11.8 Å². The number of nitrogens with one attached hydrogen (secondary N) is 1. The minimum Gasteiger partial charge on any atom is -0.308 e. The van der Waals surface area contributed by atoms with Crippen molar-refractivity contribution in [2.45, 2.75) is 0 Å². The molecule has 0 saturated heterocycles. The van der Waals surface area contributed by atoms with Crippen LogP contribution >= 0.6 is 0 Å². The van der Waals surface area contributed by atoms with Crippen molar-refractivity contribution < 1.29 is 0 Å². The second-order valence-electron chi connectivity index (χ2n) is 12.6. The first-order valence-corrected chi connectivity index (χ1v) is 17.6. The molecule has 6 nitrogen and oxygen atoms in total. The average Bonchev–Trinajstić information content (AvgIpc) is 3.26. The summed E-state index contributed by atoms with van der Waals surface area (Å²) in [6.07, 6.45) is 4.85. The number of allylic oxidation sites excluding steroid dienone is 3. The summed E-state index contributed by atoms with van der Waals surface area (Å²) < 4.78 is 0. The molecule has 8 aromatic rings. The Morgan fingerprint density at radius 1 is 0.389 bits per heavy atom. The maximum atomic E-state index is 7.92. The predicted molar refractivity (Wildman–Crippen MR) is 220 cm³/mol. The van der Waals surface area contributed by atoms with Gasteiger partial charge in [0.05, 0.1) is 11.4 Å². The van der Waals surface area contributed by atoms with Gasteiger partial charge in [0.15, 0.2) is 23.3 Å². The summed E-state index contributed by atoms with van der Waals surface area (Å²) in [7, 11) is 0. The Balaban J connectivity index is 1.16. The molecule has 256 valence electrons. The van der Waals surface area contributed by atoms with Crippen LogP contribution in [0.15, 0.2) is 189 Å². The van der Waals surface area contributed by atoms with Gasteiger partial charge in [0, 0.05) is 39.6 Å². The molecule has 0 bridgehead atoms. The van der Waals surface area contributed by atoms with Gasteiger partial charge in [-0.05, 0) is 40.5 Å². The van der Waals surface area contributed by atoms with Crippen LogP contribution in [-0.2, 0) is 0 Å². The molecular weight excluding hydrogens is 661 g/mol. The maximum absolute atomic E-state index is 7.92. The maximum Gasteiger partial charge on any atom is 0.164 e. The number of aromatic nitrogens is 5. The number of hydrogen-bond donors (Lipinski definition) is 1. The summed E-state index contributed by atoms with van der Waals surface area (Å²) in [5.41, 5.74) is 11.0. The van der Waals surface area contributed by atoms with Gasteiger partial charge < -0.3 is 5.41 Å². The summed E-state index contributed by atoms with van der Waals surface area (Å²) in [5.74, 6) is 2.48. The molecule has 0 aliphatic rings. The molecule has 6 aromatic carbocycles. The van der Waals surface area contributed by atoms with E-state index in [0.717, 1.165) is 67.0 Å². The quantitative estimate of drug-likeness (QED) is 0.114. The Bertz CT molecular complexity index is 2560. The molecule has 0 aliphatic carbocycles. The van der Waals surface area contributed by atoms with E-state index in [-0.39, 0.29) is 0 Å². The molecule has 2 heterocycles. The van der Waals surface area contributed by atoms with Crippen LogP contribution in [0.3, 0.4) is 0 Å². The Labute approximate surface area is 314 Å². The summed E-state index contributed by atoms with van der Waals surface area (Å²) >= 11 is 0. The fourth-order valence-corrected chi connectivity index (χ4v) is 6.28. The third-order valence-electron chi connectivity index (χ3n) is 9.04. The fourth-order valence-electron chi connectivity index (χ4n) is 6.28. The lowest BCUT2D eigenvalue weighted by Crippen LogP contribution is -2.00. The highest BCUT2D eigenvalue weighted by atomic mass is 15.0. The van der Waals surface area contributed by atoms with Crippen LogP contribution in [0.2, 0.25) is 0 Å². The fraction of sp³-hybridized carbons (Fsp3) is 0. The number of benzene rings is 6. The molecule has 54 heavy (non-hydrogen) atoms. The van der Waals surface area contributed by atoms with E-state index in [1.807, 2.05) is 115 Å². The van der Waals surface area contributed by atoms with Crippen molar-refractivity contribution in [1.29, 1.82) is 5.41 Å². The highest BCUT2D eigenvalue weighted by Gasteiger charge is 2.15. The van der Waals surface area contributed by atoms with Crippen molar-refractivity contribution in [1.82, 2.24) is 24.9 Å². The summed E-state index contributed by atoms with van der Waals surface area (Å²) in [6.45, 7) is 3.81. The molecule has 0 unspecified atom stereocenters. The molecule has 0 aliphatic heterocycles. The SMILES string of the molecule is C=C/C=C(\C=N)c1cccc(-c2nc(-c3ccccc3)cc(-c3cccc(-c4ccc(-c5nc(-c6ccccc6)nc(-c6ccccc6)n5)cc4)c3)n2)c1. The van der Waals surface area contributed by atoms with Gasteiger partial charge in [-0.2, -0.15) is 0 Å². The molecule has 0 saturated carbocycles. The molecule has 0 radical (unpaired) electrons. The monoisotopic (exact) mass is 694 g/mol. The minimum atomic E-state index is 0.605. The van der Waals surface area contributed by atoms with Gasteiger partial charge in [-0.1, -0.05) is 170 Å². The molecule has 0 spiro atoms. The van der Waals surface area contributed by atoms with Gasteiger partial charge in [-0.3, -0.25) is 0 Å². The summed E-state index contributed by atoms with van der Waals surface area (Å²) in [5, 5.41) is 7.92. The third kappa shape index (κ3) is 7.31. The zero-order valence-electron chi connectivity index (χ0n) is 29.3. The van der Waals surface area contributed by atoms with Crippen molar-refractivity contribution in [3.8, 4) is 79.2 Å². The summed E-state index contributed by atoms with van der Waals surface area (Å²) in [4.78, 5) is 24.7. The van der Waals surface area contributed by atoms with Crippen LogP contribution in [-0.4, -0.2) is 31.1 Å². The zero-order valence-corrected chi connectivity index (χ0v) is 29.3. The molecule has 0 amide bonds. The Morgan fingerprint density at radius 3 is 1.41 bits per heavy atom. The van der Waals surface area contributed by atoms with Gasteiger partial charge in [-0.25, -0.2) is 24.9 Å². The average molecular weight is 695 g/mol. The molecule has 6 heteroatoms. The lowest BCUT2D eigenvalue weighted by atomic mass is 9.99. The zero-order chi connectivity index (χ0) is 36.7. The van der Waals surface area contributed by atoms with Gasteiger partial charge in [-0.15, -0.1) is 0 Å². The van der Waals surface area contributed by atoms with Crippen LogP contribution in [0.25, 0.3) is 84.8 Å². The largest absolute Gasteiger partial charge is 0.308 e. The second-order valence-corrected chi connectivity index (χ2v) is 12.6. The van der Waals surface area contributed by atoms with Crippen LogP contribution < -0.4 is 0 Å². The van der Waals surface area contributed by atoms with Crippen molar-refractivity contribution in [2.75, 3.05) is 0 Å². The minimum absolute atomic E-state index is 0.605. The first-order valence-electron chi connectivity index (χ1n) is 17.6. The van der Waals surface area contributed by atoms with E-state index >= 15 is 0 Å². The van der Waals surface area contributed by atoms with Crippen molar-refractivity contribution in [3.05, 3.63) is 194 Å². The van der Waals surface area contributed by atoms with Gasteiger partial charge in [0.2, 0.25) is 0 Å². The highest BCUT2D eigenvalue weighted by Crippen LogP contribution is 2.32. The lowest BCUT2D eigenvalue weighted by molar-refractivity contribution is 1.07. The molecule has 0 fully saturated rings. The number of hydrogen-bond acceptors (Lipinski definition) is 6. The van der Waals surface area contributed by atoms with E-state index in [4.69, 9.17) is 30.3 Å². The smallest absolute Gasteiger partial charge is 0.164 e. The third-order valence-corrected chi connectivity index (χ3v) is 9.04. The Hall–Kier alpha value is -7.44. The summed E-state index contributed by atoms with van der Waals surface area (Å²) in [6, 6.07) is 56.9. The Kier molecular flexibility index (Phi) is 9.63. The van der Waals surface area contributed by atoms with Crippen LogP contribution in [0.5, 0.6) is 0 Å². The van der Waals surface area contributed by atoms with Crippen molar-refractivity contribution in [2.24, 2.45) is 0 Å². The van der Waals surface area contributed by atoms with E-state index in [2.05, 4.69) is 67.2 Å². The Morgan fingerprint density at radius 2 is 0.833 bits per heavy atom. The van der Waals surface area contributed by atoms with Crippen LogP contribution in [0.1, 0.15) is 5.56 Å². The highest BCUT2D eigenvalue weighted by molar-refractivity contribution is 6.09. The number of nitrogens with zero attached hydrogens (tertiary/aromatic N) is 5. The van der Waals surface area contributed by atoms with E-state index in [1.165, 1.54) is 6.21 Å². The topological polar surface area (TPSA) is 88.3 Å². The predicted octanol–water partition coefficient (Wildman–Crippen LogP) is 11.5. The van der Waals surface area contributed by atoms with Gasteiger partial charge in [0.25, 0.3) is 0 Å². The van der Waals surface area contributed by atoms with E-state index in [0.29, 0.717) is 23.3 Å². The molecular formula is C48H34N6. The standard InChI is InChI=1S/C48H34N6/c1-2-14-42(32-49)39-22-13-24-41(30-39)48-50-43(34-15-6-3-7-16-34)31-44(51-48)40-23-12-21-38(29-40)33-25-27-37(28-26-33)47-53-45(35-17-8-4-9-18-35)52-46(54-47)36-19-10-5-11-20-36/h2-32,49H,1H2/b42-14+,49-32?. The second kappa shape index (κ2) is 15.4. The van der Waals surface area contributed by atoms with E-state index < -0.39 is 0 Å². The molecule has 2 aromatic heterocycles. The first-order chi connectivity index (χ1) is 26.6. The van der Waals surface area contributed by atoms with Gasteiger partial charge >= 0.3 is 0 Å². The van der Waals surface area contributed by atoms with Crippen LogP contribution in [0, 0.1) is 5.41 Å². The van der Waals surface area contributed by atoms with E-state index in [1.54, 1.807) is 6.08 Å². The van der Waals surface area contributed by atoms with Gasteiger partial charge in [0.1, 0.15) is 0 Å².